The molecule has 1 aromatic carbocycles. The Balaban J connectivity index is 2.61. The number of nitrogens with two attached hydrogens (primary N) is 1. The molecule has 5 nitrogen and oxygen atoms in total. The van der Waals surface area contributed by atoms with Gasteiger partial charge in [-0.3, -0.25) is 4.79 Å². The Morgan fingerprint density at radius 2 is 2.24 bits per heavy atom. The van der Waals surface area contributed by atoms with Crippen molar-refractivity contribution in [3.63, 3.8) is 0 Å². The highest BCUT2D eigenvalue weighted by atomic mass is 79.9. The number of carbonyl (C=O) groups is 1. The maximum Gasteiger partial charge on any atom is 0.260 e. The van der Waals surface area contributed by atoms with Gasteiger partial charge in [0.05, 0.1) is 4.47 Å². The molecule has 0 saturated heterocycles. The summed E-state index contributed by atoms with van der Waals surface area (Å²) >= 11 is 3.45. The third-order valence-corrected chi connectivity index (χ3v) is 3.57. The van der Waals surface area contributed by atoms with E-state index in [9.17, 15) is 4.79 Å². The van der Waals surface area contributed by atoms with E-state index >= 15 is 0 Å². The fraction of sp³-hybridized carbons (Fsp3) is 0.533. The van der Waals surface area contributed by atoms with Crippen LogP contribution in [0.15, 0.2) is 22.7 Å². The van der Waals surface area contributed by atoms with Crippen LogP contribution in [0.1, 0.15) is 18.9 Å². The molecule has 0 aliphatic heterocycles. The highest BCUT2D eigenvalue weighted by molar-refractivity contribution is 9.10. The van der Waals surface area contributed by atoms with Gasteiger partial charge in [0, 0.05) is 20.3 Å². The molecule has 1 atom stereocenters. The molecular formula is C15H23BrN2O3. The van der Waals surface area contributed by atoms with E-state index in [1.54, 1.807) is 14.0 Å². The van der Waals surface area contributed by atoms with Crippen LogP contribution in [0.4, 0.5) is 0 Å². The van der Waals surface area contributed by atoms with Crippen molar-refractivity contribution in [3.05, 3.63) is 28.2 Å². The smallest absolute Gasteiger partial charge is 0.260 e. The summed E-state index contributed by atoms with van der Waals surface area (Å²) in [6.45, 7) is 3.47. The summed E-state index contributed by atoms with van der Waals surface area (Å²) in [7, 11) is 1.64. The summed E-state index contributed by atoms with van der Waals surface area (Å²) in [6, 6.07) is 5.77. The van der Waals surface area contributed by atoms with Crippen LogP contribution in [-0.2, 0) is 16.0 Å². The van der Waals surface area contributed by atoms with Crippen LogP contribution in [-0.4, -0.2) is 38.8 Å². The van der Waals surface area contributed by atoms with Crippen LogP contribution >= 0.6 is 15.9 Å². The van der Waals surface area contributed by atoms with Gasteiger partial charge in [0.1, 0.15) is 5.75 Å². The second-order valence-corrected chi connectivity index (χ2v) is 5.52. The number of hydrogen-bond acceptors (Lipinski definition) is 4. The maximum absolute atomic E-state index is 12.0. The average molecular weight is 359 g/mol. The van der Waals surface area contributed by atoms with Gasteiger partial charge in [-0.1, -0.05) is 12.1 Å². The lowest BCUT2D eigenvalue weighted by Crippen LogP contribution is -2.37. The lowest BCUT2D eigenvalue weighted by atomic mass is 10.1. The van der Waals surface area contributed by atoms with E-state index in [1.165, 1.54) is 0 Å². The SMILES string of the molecule is COCCCNC(=O)C(C)Oc1c(Br)cccc1CCN. The van der Waals surface area contributed by atoms with Crippen molar-refractivity contribution in [2.24, 2.45) is 5.73 Å². The number of ether oxygens (including phenoxy) is 2. The molecule has 0 heterocycles. The minimum Gasteiger partial charge on any atom is -0.479 e. The maximum atomic E-state index is 12.0. The molecule has 0 aromatic heterocycles. The number of hydrogen-bond donors (Lipinski definition) is 2. The van der Waals surface area contributed by atoms with E-state index in [1.807, 2.05) is 18.2 Å². The molecule has 0 spiro atoms. The van der Waals surface area contributed by atoms with Gasteiger partial charge in [-0.25, -0.2) is 0 Å². The summed E-state index contributed by atoms with van der Waals surface area (Å²) in [5.41, 5.74) is 6.59. The quantitative estimate of drug-likeness (QED) is 0.661. The van der Waals surface area contributed by atoms with E-state index in [0.717, 1.165) is 16.5 Å². The molecule has 118 valence electrons. The minimum absolute atomic E-state index is 0.138. The molecule has 1 rings (SSSR count). The molecule has 1 unspecified atom stereocenters. The predicted octanol–water partition coefficient (Wildman–Crippen LogP) is 1.87. The first kappa shape index (κ1) is 17.9. The van der Waals surface area contributed by atoms with Gasteiger partial charge in [0.15, 0.2) is 6.10 Å². The first-order chi connectivity index (χ1) is 10.1. The monoisotopic (exact) mass is 358 g/mol. The Bertz CT molecular complexity index is 455. The van der Waals surface area contributed by atoms with Crippen LogP contribution in [0.5, 0.6) is 5.75 Å². The standard InChI is InChI=1S/C15H23BrN2O3/c1-11(15(19)18-9-4-10-20-2)21-14-12(7-8-17)5-3-6-13(14)16/h3,5-6,11H,4,7-10,17H2,1-2H3,(H,18,19). The van der Waals surface area contributed by atoms with E-state index in [4.69, 9.17) is 15.2 Å². The van der Waals surface area contributed by atoms with Gasteiger partial charge in [0.25, 0.3) is 5.91 Å². The average Bonchev–Trinajstić information content (AvgIpc) is 2.47. The molecule has 3 N–H and O–H groups in total. The fourth-order valence-electron chi connectivity index (χ4n) is 1.84. The fourth-order valence-corrected chi connectivity index (χ4v) is 2.34. The van der Waals surface area contributed by atoms with Crippen LogP contribution < -0.4 is 15.8 Å². The van der Waals surface area contributed by atoms with Crippen LogP contribution in [0.3, 0.4) is 0 Å². The predicted molar refractivity (Wildman–Crippen MR) is 86.5 cm³/mol. The molecule has 1 amide bonds. The van der Waals surface area contributed by atoms with E-state index in [2.05, 4.69) is 21.2 Å². The molecule has 0 bridgehead atoms. The third kappa shape index (κ3) is 6.03. The molecular weight excluding hydrogens is 336 g/mol. The first-order valence-electron chi connectivity index (χ1n) is 7.01. The van der Waals surface area contributed by atoms with E-state index < -0.39 is 6.10 Å². The Labute approximate surface area is 134 Å². The second kappa shape index (κ2) is 9.76. The molecule has 0 aliphatic carbocycles. The van der Waals surface area contributed by atoms with Crippen molar-refractivity contribution in [2.45, 2.75) is 25.9 Å². The Morgan fingerprint density at radius 1 is 1.48 bits per heavy atom. The lowest BCUT2D eigenvalue weighted by Gasteiger charge is -2.18. The topological polar surface area (TPSA) is 73.6 Å². The summed E-state index contributed by atoms with van der Waals surface area (Å²) in [5, 5.41) is 2.82. The number of benzene rings is 1. The van der Waals surface area contributed by atoms with Crippen LogP contribution in [0, 0.1) is 0 Å². The van der Waals surface area contributed by atoms with Crippen LogP contribution in [0.2, 0.25) is 0 Å². The molecule has 21 heavy (non-hydrogen) atoms. The molecule has 0 saturated carbocycles. The van der Waals surface area contributed by atoms with Crippen molar-refractivity contribution in [1.82, 2.24) is 5.32 Å². The number of amides is 1. The molecule has 6 heteroatoms. The number of para-hydroxylation sites is 1. The van der Waals surface area contributed by atoms with Crippen molar-refractivity contribution >= 4 is 21.8 Å². The molecule has 0 fully saturated rings. The molecule has 1 aromatic rings. The lowest BCUT2D eigenvalue weighted by molar-refractivity contribution is -0.127. The Hall–Kier alpha value is -1.11. The summed E-state index contributed by atoms with van der Waals surface area (Å²) in [5.74, 6) is 0.544. The number of rotatable bonds is 9. The van der Waals surface area contributed by atoms with Gasteiger partial charge < -0.3 is 20.5 Å². The minimum atomic E-state index is -0.567. The number of nitrogens with one attached hydrogen (secondary N) is 1. The first-order valence-corrected chi connectivity index (χ1v) is 7.80. The zero-order valence-corrected chi connectivity index (χ0v) is 14.1. The number of halogens is 1. The Kier molecular flexibility index (Phi) is 8.34. The number of methoxy groups -OCH3 is 1. The van der Waals surface area contributed by atoms with Gasteiger partial charge in [-0.2, -0.15) is 0 Å². The zero-order valence-electron chi connectivity index (χ0n) is 12.5. The highest BCUT2D eigenvalue weighted by Gasteiger charge is 2.17. The molecule has 0 aliphatic rings. The third-order valence-electron chi connectivity index (χ3n) is 2.95. The number of carbonyl (C=O) groups excluding carboxylic acids is 1. The second-order valence-electron chi connectivity index (χ2n) is 4.66. The van der Waals surface area contributed by atoms with E-state index in [0.29, 0.717) is 31.9 Å². The van der Waals surface area contributed by atoms with E-state index in [-0.39, 0.29) is 5.91 Å². The Morgan fingerprint density at radius 3 is 2.90 bits per heavy atom. The molecule has 0 radical (unpaired) electrons. The van der Waals surface area contributed by atoms with Gasteiger partial charge >= 0.3 is 0 Å². The normalized spacial score (nSPS) is 12.0. The van der Waals surface area contributed by atoms with Crippen molar-refractivity contribution < 1.29 is 14.3 Å². The van der Waals surface area contributed by atoms with Gasteiger partial charge in [0.2, 0.25) is 0 Å². The van der Waals surface area contributed by atoms with Gasteiger partial charge in [-0.15, -0.1) is 0 Å². The summed E-state index contributed by atoms with van der Waals surface area (Å²) in [6.07, 6.45) is 0.919. The largest absolute Gasteiger partial charge is 0.479 e. The van der Waals surface area contributed by atoms with Crippen LogP contribution in [0.25, 0.3) is 0 Å². The van der Waals surface area contributed by atoms with Crippen molar-refractivity contribution in [1.29, 1.82) is 0 Å². The highest BCUT2D eigenvalue weighted by Crippen LogP contribution is 2.30. The van der Waals surface area contributed by atoms with Crippen molar-refractivity contribution in [2.75, 3.05) is 26.8 Å². The summed E-state index contributed by atoms with van der Waals surface area (Å²) in [4.78, 5) is 12.0. The summed E-state index contributed by atoms with van der Waals surface area (Å²) < 4.78 is 11.6. The van der Waals surface area contributed by atoms with Crippen molar-refractivity contribution in [3.8, 4) is 5.75 Å². The van der Waals surface area contributed by atoms with Gasteiger partial charge in [-0.05, 0) is 53.9 Å². The zero-order chi connectivity index (χ0) is 15.7.